The molecule has 0 bridgehead atoms. The van der Waals surface area contributed by atoms with E-state index < -0.39 is 0 Å². The van der Waals surface area contributed by atoms with Gasteiger partial charge in [0.05, 0.1) is 0 Å². The summed E-state index contributed by atoms with van der Waals surface area (Å²) in [5, 5.41) is 6.59. The minimum absolute atomic E-state index is 0.0630. The van der Waals surface area contributed by atoms with Crippen LogP contribution in [0.5, 0.6) is 0 Å². The number of hydrogen-bond acceptors (Lipinski definition) is 5. The summed E-state index contributed by atoms with van der Waals surface area (Å²) in [6.07, 6.45) is 3.55. The van der Waals surface area contributed by atoms with Gasteiger partial charge in [0.15, 0.2) is 5.78 Å². The van der Waals surface area contributed by atoms with Crippen LogP contribution in [-0.2, 0) is 0 Å². The lowest BCUT2D eigenvalue weighted by molar-refractivity contribution is 0.101. The second-order valence-electron chi connectivity index (χ2n) is 5.58. The second kappa shape index (κ2) is 8.27. The Hall–Kier alpha value is -2.43. The minimum Gasteiger partial charge on any atom is -0.370 e. The van der Waals surface area contributed by atoms with Crippen LogP contribution in [0.25, 0.3) is 0 Å². The number of Topliss-reactive ketones (excluding diaryl/α,β-unsaturated/α-hetero) is 1. The first-order chi connectivity index (χ1) is 11.1. The summed E-state index contributed by atoms with van der Waals surface area (Å²) in [4.78, 5) is 20.1. The number of nitrogens with zero attached hydrogens (tertiary/aromatic N) is 2. The van der Waals surface area contributed by atoms with Gasteiger partial charge in [-0.05, 0) is 44.5 Å². The number of benzene rings is 1. The topological polar surface area (TPSA) is 66.9 Å². The van der Waals surface area contributed by atoms with E-state index in [-0.39, 0.29) is 5.78 Å². The van der Waals surface area contributed by atoms with Crippen molar-refractivity contribution in [2.75, 3.05) is 17.2 Å². The van der Waals surface area contributed by atoms with Crippen molar-refractivity contribution in [1.29, 1.82) is 0 Å². The van der Waals surface area contributed by atoms with E-state index in [4.69, 9.17) is 0 Å². The van der Waals surface area contributed by atoms with Crippen molar-refractivity contribution in [2.24, 2.45) is 0 Å². The average molecular weight is 312 g/mol. The van der Waals surface area contributed by atoms with Gasteiger partial charge in [0.2, 0.25) is 0 Å². The summed E-state index contributed by atoms with van der Waals surface area (Å²) in [5.41, 5.74) is 1.60. The Bertz CT molecular complexity index is 653. The number of carbonyl (C=O) groups is 1. The Kier molecular flexibility index (Phi) is 6.09. The zero-order valence-electron chi connectivity index (χ0n) is 14.0. The first-order valence-corrected chi connectivity index (χ1v) is 8.06. The van der Waals surface area contributed by atoms with Crippen molar-refractivity contribution in [3.05, 3.63) is 41.7 Å². The number of unbranched alkanes of at least 4 members (excludes halogenated alkanes) is 2. The van der Waals surface area contributed by atoms with Crippen molar-refractivity contribution in [3.8, 4) is 0 Å². The lowest BCUT2D eigenvalue weighted by Crippen LogP contribution is -2.06. The Morgan fingerprint density at radius 2 is 1.78 bits per heavy atom. The Morgan fingerprint density at radius 3 is 2.43 bits per heavy atom. The molecular weight excluding hydrogens is 288 g/mol. The average Bonchev–Trinajstić information content (AvgIpc) is 2.51. The summed E-state index contributed by atoms with van der Waals surface area (Å²) in [5.74, 6) is 2.35. The van der Waals surface area contributed by atoms with Crippen LogP contribution < -0.4 is 10.6 Å². The molecule has 0 fully saturated rings. The van der Waals surface area contributed by atoms with Crippen LogP contribution in [0.4, 0.5) is 17.3 Å². The number of aromatic nitrogens is 2. The molecular formula is C18H24N4O. The monoisotopic (exact) mass is 312 g/mol. The number of nitrogens with one attached hydrogen (secondary N) is 2. The van der Waals surface area contributed by atoms with Gasteiger partial charge in [0.1, 0.15) is 17.5 Å². The molecule has 0 atom stereocenters. The van der Waals surface area contributed by atoms with E-state index in [0.29, 0.717) is 11.4 Å². The molecule has 0 saturated carbocycles. The maximum atomic E-state index is 11.3. The summed E-state index contributed by atoms with van der Waals surface area (Å²) in [7, 11) is 0. The zero-order valence-corrected chi connectivity index (χ0v) is 14.0. The molecule has 2 N–H and O–H groups in total. The first-order valence-electron chi connectivity index (χ1n) is 8.06. The van der Waals surface area contributed by atoms with Crippen molar-refractivity contribution in [3.63, 3.8) is 0 Å². The van der Waals surface area contributed by atoms with E-state index in [1.807, 2.05) is 37.3 Å². The predicted octanol–water partition coefficient (Wildman–Crippen LogP) is 4.33. The summed E-state index contributed by atoms with van der Waals surface area (Å²) in [6, 6.07) is 9.27. The van der Waals surface area contributed by atoms with E-state index >= 15 is 0 Å². The molecule has 2 rings (SSSR count). The van der Waals surface area contributed by atoms with Crippen LogP contribution in [0.2, 0.25) is 0 Å². The highest BCUT2D eigenvalue weighted by atomic mass is 16.1. The predicted molar refractivity (Wildman–Crippen MR) is 94.5 cm³/mol. The number of anilines is 3. The molecule has 0 radical (unpaired) electrons. The lowest BCUT2D eigenvalue weighted by Gasteiger charge is -2.10. The standard InChI is InChI=1S/C18H24N4O/c1-4-5-6-11-19-17-12-18(21-14(3)20-17)22-16-9-7-15(8-10-16)13(2)23/h7-10,12H,4-6,11H2,1-3H3,(H2,19,20,21,22). The van der Waals surface area contributed by atoms with Crippen LogP contribution in [0.3, 0.4) is 0 Å². The maximum Gasteiger partial charge on any atom is 0.159 e. The van der Waals surface area contributed by atoms with Crippen molar-refractivity contribution < 1.29 is 4.79 Å². The fraction of sp³-hybridized carbons (Fsp3) is 0.389. The van der Waals surface area contributed by atoms with Crippen molar-refractivity contribution in [1.82, 2.24) is 9.97 Å². The van der Waals surface area contributed by atoms with Gasteiger partial charge in [0, 0.05) is 23.9 Å². The van der Waals surface area contributed by atoms with Crippen LogP contribution in [0.1, 0.15) is 49.3 Å². The third-order valence-corrected chi connectivity index (χ3v) is 3.49. The van der Waals surface area contributed by atoms with Crippen LogP contribution in [0, 0.1) is 6.92 Å². The molecule has 122 valence electrons. The molecule has 5 nitrogen and oxygen atoms in total. The zero-order chi connectivity index (χ0) is 16.7. The van der Waals surface area contributed by atoms with Crippen molar-refractivity contribution in [2.45, 2.75) is 40.0 Å². The molecule has 1 aromatic heterocycles. The van der Waals surface area contributed by atoms with E-state index in [0.717, 1.165) is 30.3 Å². The van der Waals surface area contributed by atoms with Gasteiger partial charge >= 0.3 is 0 Å². The van der Waals surface area contributed by atoms with Crippen LogP contribution in [-0.4, -0.2) is 22.3 Å². The third-order valence-electron chi connectivity index (χ3n) is 3.49. The SMILES string of the molecule is CCCCCNc1cc(Nc2ccc(C(C)=O)cc2)nc(C)n1. The first kappa shape index (κ1) is 16.9. The van der Waals surface area contributed by atoms with E-state index in [2.05, 4.69) is 27.5 Å². The molecule has 0 aliphatic carbocycles. The summed E-state index contributed by atoms with van der Waals surface area (Å²) >= 11 is 0. The Labute approximate surface area is 137 Å². The molecule has 0 aliphatic heterocycles. The van der Waals surface area contributed by atoms with Gasteiger partial charge in [-0.3, -0.25) is 4.79 Å². The molecule has 23 heavy (non-hydrogen) atoms. The van der Waals surface area contributed by atoms with Crippen LogP contribution in [0.15, 0.2) is 30.3 Å². The minimum atomic E-state index is 0.0630. The molecule has 0 spiro atoms. The maximum absolute atomic E-state index is 11.3. The number of hydrogen-bond donors (Lipinski definition) is 2. The number of ketones is 1. The van der Waals surface area contributed by atoms with E-state index in [1.54, 1.807) is 6.92 Å². The second-order valence-corrected chi connectivity index (χ2v) is 5.58. The molecule has 1 heterocycles. The highest BCUT2D eigenvalue weighted by Gasteiger charge is 2.03. The third kappa shape index (κ3) is 5.36. The van der Waals surface area contributed by atoms with Gasteiger partial charge in [-0.1, -0.05) is 19.8 Å². The van der Waals surface area contributed by atoms with Gasteiger partial charge in [-0.15, -0.1) is 0 Å². The molecule has 1 aromatic carbocycles. The number of rotatable bonds is 8. The highest BCUT2D eigenvalue weighted by Crippen LogP contribution is 2.18. The number of aryl methyl sites for hydroxylation is 1. The van der Waals surface area contributed by atoms with Crippen molar-refractivity contribution >= 4 is 23.1 Å². The molecule has 0 unspecified atom stereocenters. The quantitative estimate of drug-likeness (QED) is 0.561. The van der Waals surface area contributed by atoms with E-state index in [1.165, 1.54) is 12.8 Å². The highest BCUT2D eigenvalue weighted by molar-refractivity contribution is 5.94. The molecule has 0 amide bonds. The fourth-order valence-corrected chi connectivity index (χ4v) is 2.25. The largest absolute Gasteiger partial charge is 0.370 e. The Balaban J connectivity index is 2.04. The Morgan fingerprint density at radius 1 is 1.09 bits per heavy atom. The smallest absolute Gasteiger partial charge is 0.159 e. The van der Waals surface area contributed by atoms with Crippen LogP contribution >= 0.6 is 0 Å². The van der Waals surface area contributed by atoms with Gasteiger partial charge < -0.3 is 10.6 Å². The van der Waals surface area contributed by atoms with Gasteiger partial charge in [-0.25, -0.2) is 9.97 Å². The lowest BCUT2D eigenvalue weighted by atomic mass is 10.1. The molecule has 0 saturated heterocycles. The summed E-state index contributed by atoms with van der Waals surface area (Å²) in [6.45, 7) is 6.54. The molecule has 0 aliphatic rings. The molecule has 2 aromatic rings. The number of carbonyl (C=O) groups excluding carboxylic acids is 1. The van der Waals surface area contributed by atoms with E-state index in [9.17, 15) is 4.79 Å². The van der Waals surface area contributed by atoms with Gasteiger partial charge in [0.25, 0.3) is 0 Å². The fourth-order valence-electron chi connectivity index (χ4n) is 2.25. The van der Waals surface area contributed by atoms with Gasteiger partial charge in [-0.2, -0.15) is 0 Å². The normalized spacial score (nSPS) is 10.4. The summed E-state index contributed by atoms with van der Waals surface area (Å²) < 4.78 is 0. The molecule has 5 heteroatoms.